The SMILES string of the molecule is Cl.Clc1cccc(CCCN2CCCC2)c1. The minimum Gasteiger partial charge on any atom is -0.303 e. The van der Waals surface area contributed by atoms with Gasteiger partial charge in [-0.05, 0) is 63.0 Å². The highest BCUT2D eigenvalue weighted by Gasteiger charge is 2.10. The number of likely N-dealkylation sites (tertiary alicyclic amines) is 1. The average Bonchev–Trinajstić information content (AvgIpc) is 2.71. The highest BCUT2D eigenvalue weighted by molar-refractivity contribution is 6.30. The van der Waals surface area contributed by atoms with Crippen LogP contribution in [-0.4, -0.2) is 24.5 Å². The zero-order valence-electron chi connectivity index (χ0n) is 9.49. The second-order valence-electron chi connectivity index (χ2n) is 4.28. The number of nitrogens with zero attached hydrogens (tertiary/aromatic N) is 1. The van der Waals surface area contributed by atoms with Crippen LogP contribution in [0.15, 0.2) is 24.3 Å². The smallest absolute Gasteiger partial charge is 0.0408 e. The molecule has 1 aliphatic rings. The lowest BCUT2D eigenvalue weighted by Gasteiger charge is -2.13. The van der Waals surface area contributed by atoms with Crippen LogP contribution in [0.1, 0.15) is 24.8 Å². The van der Waals surface area contributed by atoms with Gasteiger partial charge in [0.1, 0.15) is 0 Å². The fourth-order valence-electron chi connectivity index (χ4n) is 2.21. The fourth-order valence-corrected chi connectivity index (χ4v) is 2.42. The largest absolute Gasteiger partial charge is 0.303 e. The van der Waals surface area contributed by atoms with Gasteiger partial charge in [-0.2, -0.15) is 0 Å². The van der Waals surface area contributed by atoms with Crippen molar-refractivity contribution in [2.45, 2.75) is 25.7 Å². The molecule has 2 rings (SSSR count). The van der Waals surface area contributed by atoms with E-state index in [4.69, 9.17) is 11.6 Å². The predicted octanol–water partition coefficient (Wildman–Crippen LogP) is 3.79. The van der Waals surface area contributed by atoms with E-state index in [1.807, 2.05) is 12.1 Å². The molecule has 0 aromatic heterocycles. The lowest BCUT2D eigenvalue weighted by Crippen LogP contribution is -2.20. The Hall–Kier alpha value is -0.240. The van der Waals surface area contributed by atoms with Crippen LogP contribution in [0.2, 0.25) is 5.02 Å². The summed E-state index contributed by atoms with van der Waals surface area (Å²) >= 11 is 5.94. The first-order valence-electron chi connectivity index (χ1n) is 5.81. The minimum absolute atomic E-state index is 0. The quantitative estimate of drug-likeness (QED) is 0.796. The zero-order valence-corrected chi connectivity index (χ0v) is 11.1. The maximum absolute atomic E-state index is 5.94. The third-order valence-electron chi connectivity index (χ3n) is 3.03. The van der Waals surface area contributed by atoms with E-state index >= 15 is 0 Å². The van der Waals surface area contributed by atoms with Gasteiger partial charge in [0.15, 0.2) is 0 Å². The Labute approximate surface area is 109 Å². The van der Waals surface area contributed by atoms with E-state index < -0.39 is 0 Å². The maximum Gasteiger partial charge on any atom is 0.0408 e. The van der Waals surface area contributed by atoms with Gasteiger partial charge in [0.2, 0.25) is 0 Å². The Balaban J connectivity index is 0.00000128. The number of benzene rings is 1. The summed E-state index contributed by atoms with van der Waals surface area (Å²) in [5.74, 6) is 0. The molecule has 1 aromatic rings. The van der Waals surface area contributed by atoms with Crippen molar-refractivity contribution in [2.75, 3.05) is 19.6 Å². The number of hydrogen-bond donors (Lipinski definition) is 0. The second-order valence-corrected chi connectivity index (χ2v) is 4.72. The normalized spacial score (nSPS) is 16.1. The molecule has 90 valence electrons. The molecule has 0 unspecified atom stereocenters. The van der Waals surface area contributed by atoms with Crippen molar-refractivity contribution >= 4 is 24.0 Å². The molecule has 0 bridgehead atoms. The fraction of sp³-hybridized carbons (Fsp3) is 0.538. The number of rotatable bonds is 4. The number of aryl methyl sites for hydroxylation is 1. The zero-order chi connectivity index (χ0) is 10.5. The van der Waals surface area contributed by atoms with E-state index in [2.05, 4.69) is 17.0 Å². The second kappa shape index (κ2) is 7.16. The molecule has 0 spiro atoms. The molecular formula is C13H19Cl2N. The maximum atomic E-state index is 5.94. The van der Waals surface area contributed by atoms with Gasteiger partial charge in [-0.3, -0.25) is 0 Å². The molecule has 0 N–H and O–H groups in total. The molecule has 1 aliphatic heterocycles. The Bertz CT molecular complexity index is 309. The van der Waals surface area contributed by atoms with Crippen LogP contribution >= 0.6 is 24.0 Å². The lowest BCUT2D eigenvalue weighted by atomic mass is 10.1. The van der Waals surface area contributed by atoms with E-state index in [0.717, 1.165) is 11.4 Å². The van der Waals surface area contributed by atoms with Crippen LogP contribution in [0.4, 0.5) is 0 Å². The third-order valence-corrected chi connectivity index (χ3v) is 3.26. The van der Waals surface area contributed by atoms with E-state index in [9.17, 15) is 0 Å². The molecule has 0 radical (unpaired) electrons. The summed E-state index contributed by atoms with van der Waals surface area (Å²) in [6, 6.07) is 8.21. The van der Waals surface area contributed by atoms with Crippen LogP contribution < -0.4 is 0 Å². The van der Waals surface area contributed by atoms with Crippen molar-refractivity contribution < 1.29 is 0 Å². The highest BCUT2D eigenvalue weighted by atomic mass is 35.5. The lowest BCUT2D eigenvalue weighted by molar-refractivity contribution is 0.334. The van der Waals surface area contributed by atoms with Gasteiger partial charge in [-0.1, -0.05) is 23.7 Å². The van der Waals surface area contributed by atoms with Gasteiger partial charge in [0, 0.05) is 5.02 Å². The minimum atomic E-state index is 0. The molecule has 0 atom stereocenters. The molecule has 1 fully saturated rings. The first kappa shape index (κ1) is 13.8. The molecule has 0 amide bonds. The van der Waals surface area contributed by atoms with Gasteiger partial charge in [0.05, 0.1) is 0 Å². The summed E-state index contributed by atoms with van der Waals surface area (Å²) in [6.07, 6.45) is 5.17. The highest BCUT2D eigenvalue weighted by Crippen LogP contribution is 2.13. The van der Waals surface area contributed by atoms with E-state index in [-0.39, 0.29) is 12.4 Å². The summed E-state index contributed by atoms with van der Waals surface area (Å²) in [5.41, 5.74) is 1.36. The Morgan fingerprint density at radius 2 is 1.94 bits per heavy atom. The molecule has 0 saturated carbocycles. The van der Waals surface area contributed by atoms with Crippen molar-refractivity contribution in [3.8, 4) is 0 Å². The first-order valence-corrected chi connectivity index (χ1v) is 6.19. The molecule has 16 heavy (non-hydrogen) atoms. The molecule has 0 aliphatic carbocycles. The van der Waals surface area contributed by atoms with Crippen molar-refractivity contribution in [3.05, 3.63) is 34.9 Å². The monoisotopic (exact) mass is 259 g/mol. The summed E-state index contributed by atoms with van der Waals surface area (Å²) in [6.45, 7) is 3.84. The van der Waals surface area contributed by atoms with Crippen molar-refractivity contribution in [1.29, 1.82) is 0 Å². The molecule has 1 aromatic carbocycles. The Kier molecular flexibility index (Phi) is 6.18. The molecule has 1 heterocycles. The Morgan fingerprint density at radius 3 is 2.62 bits per heavy atom. The van der Waals surface area contributed by atoms with Gasteiger partial charge < -0.3 is 4.90 Å². The van der Waals surface area contributed by atoms with Crippen molar-refractivity contribution in [3.63, 3.8) is 0 Å². The van der Waals surface area contributed by atoms with Gasteiger partial charge >= 0.3 is 0 Å². The van der Waals surface area contributed by atoms with Gasteiger partial charge in [0.25, 0.3) is 0 Å². The summed E-state index contributed by atoms with van der Waals surface area (Å²) < 4.78 is 0. The van der Waals surface area contributed by atoms with E-state index in [0.29, 0.717) is 0 Å². The standard InChI is InChI=1S/C13H18ClN.ClH/c14-13-7-3-5-12(11-13)6-4-10-15-8-1-2-9-15;/h3,5,7,11H,1-2,4,6,8-10H2;1H. The topological polar surface area (TPSA) is 3.24 Å². The van der Waals surface area contributed by atoms with Crippen molar-refractivity contribution in [2.24, 2.45) is 0 Å². The molecule has 1 nitrogen and oxygen atoms in total. The summed E-state index contributed by atoms with van der Waals surface area (Å²) in [4.78, 5) is 2.56. The summed E-state index contributed by atoms with van der Waals surface area (Å²) in [7, 11) is 0. The summed E-state index contributed by atoms with van der Waals surface area (Å²) in [5, 5.41) is 0.855. The molecule has 1 saturated heterocycles. The van der Waals surface area contributed by atoms with Crippen LogP contribution in [0.25, 0.3) is 0 Å². The number of halogens is 2. The van der Waals surface area contributed by atoms with Crippen LogP contribution in [0.3, 0.4) is 0 Å². The first-order chi connectivity index (χ1) is 7.34. The van der Waals surface area contributed by atoms with Crippen LogP contribution in [0.5, 0.6) is 0 Å². The average molecular weight is 260 g/mol. The van der Waals surface area contributed by atoms with Gasteiger partial charge in [-0.25, -0.2) is 0 Å². The Morgan fingerprint density at radius 1 is 1.19 bits per heavy atom. The number of hydrogen-bond acceptors (Lipinski definition) is 1. The van der Waals surface area contributed by atoms with Gasteiger partial charge in [-0.15, -0.1) is 12.4 Å². The third kappa shape index (κ3) is 4.32. The molecular weight excluding hydrogens is 241 g/mol. The van der Waals surface area contributed by atoms with Crippen molar-refractivity contribution in [1.82, 2.24) is 4.90 Å². The van der Waals surface area contributed by atoms with Crippen LogP contribution in [0, 0.1) is 0 Å². The van der Waals surface area contributed by atoms with Crippen LogP contribution in [-0.2, 0) is 6.42 Å². The molecule has 3 heteroatoms. The van der Waals surface area contributed by atoms with E-state index in [1.165, 1.54) is 44.5 Å². The predicted molar refractivity (Wildman–Crippen MR) is 72.7 cm³/mol. The van der Waals surface area contributed by atoms with E-state index in [1.54, 1.807) is 0 Å².